The SMILES string of the molecule is COCc1ccc(C(OC(N)=O)C(=O)Nc2ccc([Si](C)(C)C)c(F)c2)cc1. The Morgan fingerprint density at radius 3 is 2.29 bits per heavy atom. The van der Waals surface area contributed by atoms with E-state index >= 15 is 0 Å². The lowest BCUT2D eigenvalue weighted by Gasteiger charge is -2.20. The first-order chi connectivity index (χ1) is 13.1. The van der Waals surface area contributed by atoms with Crippen molar-refractivity contribution in [1.29, 1.82) is 0 Å². The minimum Gasteiger partial charge on any atom is -0.431 e. The predicted octanol–water partition coefficient (Wildman–Crippen LogP) is 3.29. The number of carbonyl (C=O) groups is 2. The molecule has 0 aliphatic rings. The Morgan fingerprint density at radius 1 is 1.14 bits per heavy atom. The van der Waals surface area contributed by atoms with Crippen LogP contribution in [0, 0.1) is 5.82 Å². The van der Waals surface area contributed by atoms with Crippen molar-refractivity contribution >= 4 is 30.9 Å². The van der Waals surface area contributed by atoms with Crippen molar-refractivity contribution in [3.63, 3.8) is 0 Å². The number of carbonyl (C=O) groups excluding carboxylic acids is 2. The molecule has 0 bridgehead atoms. The zero-order valence-electron chi connectivity index (χ0n) is 16.4. The second kappa shape index (κ2) is 8.98. The van der Waals surface area contributed by atoms with E-state index in [1.165, 1.54) is 6.07 Å². The van der Waals surface area contributed by atoms with Gasteiger partial charge in [-0.05, 0) is 22.9 Å². The molecule has 0 saturated carbocycles. The van der Waals surface area contributed by atoms with Gasteiger partial charge in [0.2, 0.25) is 6.10 Å². The van der Waals surface area contributed by atoms with E-state index in [0.717, 1.165) is 5.56 Å². The Balaban J connectivity index is 2.23. The van der Waals surface area contributed by atoms with Gasteiger partial charge in [-0.2, -0.15) is 0 Å². The number of halogens is 1. The molecule has 1 unspecified atom stereocenters. The fourth-order valence-electron chi connectivity index (χ4n) is 2.75. The second-order valence-electron chi connectivity index (χ2n) is 7.43. The summed E-state index contributed by atoms with van der Waals surface area (Å²) in [4.78, 5) is 23.9. The number of amides is 2. The third-order valence-electron chi connectivity index (χ3n) is 4.11. The highest BCUT2D eigenvalue weighted by atomic mass is 28.3. The third kappa shape index (κ3) is 5.64. The van der Waals surface area contributed by atoms with Crippen LogP contribution in [-0.4, -0.2) is 27.2 Å². The van der Waals surface area contributed by atoms with Gasteiger partial charge in [-0.25, -0.2) is 9.18 Å². The lowest BCUT2D eigenvalue weighted by atomic mass is 10.1. The van der Waals surface area contributed by atoms with E-state index in [-0.39, 0.29) is 11.5 Å². The number of primary amides is 1. The molecule has 0 radical (unpaired) electrons. The van der Waals surface area contributed by atoms with Gasteiger partial charge in [-0.1, -0.05) is 50.0 Å². The third-order valence-corrected chi connectivity index (χ3v) is 6.13. The standard InChI is InChI=1S/C20H25FN2O4Si/c1-26-12-13-5-7-14(8-6-13)18(27-20(22)25)19(24)23-15-9-10-17(16(21)11-15)28(2,3)4/h5-11,18H,12H2,1-4H3,(H2,22,25)(H,23,24). The molecule has 28 heavy (non-hydrogen) atoms. The topological polar surface area (TPSA) is 90.7 Å². The summed E-state index contributed by atoms with van der Waals surface area (Å²) in [7, 11) is -0.257. The van der Waals surface area contributed by atoms with E-state index in [2.05, 4.69) is 5.32 Å². The van der Waals surface area contributed by atoms with Gasteiger partial charge in [0.15, 0.2) is 0 Å². The monoisotopic (exact) mass is 404 g/mol. The van der Waals surface area contributed by atoms with Crippen molar-refractivity contribution in [1.82, 2.24) is 0 Å². The Hall–Kier alpha value is -2.71. The number of nitrogens with one attached hydrogen (secondary N) is 1. The molecule has 2 aromatic rings. The van der Waals surface area contributed by atoms with Gasteiger partial charge in [0, 0.05) is 18.4 Å². The van der Waals surface area contributed by atoms with Crippen LogP contribution in [0.2, 0.25) is 19.6 Å². The Kier molecular flexibility index (Phi) is 6.93. The summed E-state index contributed by atoms with van der Waals surface area (Å²) in [5, 5.41) is 3.25. The van der Waals surface area contributed by atoms with Crippen molar-refractivity contribution in [2.24, 2.45) is 5.73 Å². The second-order valence-corrected chi connectivity index (χ2v) is 12.5. The molecule has 8 heteroatoms. The van der Waals surface area contributed by atoms with E-state index in [9.17, 15) is 14.0 Å². The average Bonchev–Trinajstić information content (AvgIpc) is 2.59. The van der Waals surface area contributed by atoms with Gasteiger partial charge in [0.1, 0.15) is 5.82 Å². The van der Waals surface area contributed by atoms with Gasteiger partial charge in [-0.3, -0.25) is 4.79 Å². The van der Waals surface area contributed by atoms with Crippen LogP contribution in [0.5, 0.6) is 0 Å². The van der Waals surface area contributed by atoms with Gasteiger partial charge in [-0.15, -0.1) is 0 Å². The van der Waals surface area contributed by atoms with Gasteiger partial charge >= 0.3 is 6.09 Å². The summed E-state index contributed by atoms with van der Waals surface area (Å²) >= 11 is 0. The quantitative estimate of drug-likeness (QED) is 0.693. The van der Waals surface area contributed by atoms with E-state index < -0.39 is 26.2 Å². The largest absolute Gasteiger partial charge is 0.431 e. The number of hydrogen-bond acceptors (Lipinski definition) is 4. The number of hydrogen-bond donors (Lipinski definition) is 2. The summed E-state index contributed by atoms with van der Waals surface area (Å²) in [6.07, 6.45) is -2.34. The summed E-state index contributed by atoms with van der Waals surface area (Å²) in [5.41, 5.74) is 6.73. The van der Waals surface area contributed by atoms with E-state index in [4.69, 9.17) is 15.2 Å². The van der Waals surface area contributed by atoms with Gasteiger partial charge in [0.05, 0.1) is 14.7 Å². The Morgan fingerprint density at radius 2 is 1.79 bits per heavy atom. The number of anilines is 1. The van der Waals surface area contributed by atoms with E-state index in [1.807, 2.05) is 19.6 Å². The van der Waals surface area contributed by atoms with Gasteiger partial charge < -0.3 is 20.5 Å². The van der Waals surface area contributed by atoms with Crippen LogP contribution < -0.4 is 16.2 Å². The minimum absolute atomic E-state index is 0.276. The molecular formula is C20H25FN2O4Si. The number of nitrogens with two attached hydrogens (primary N) is 1. The summed E-state index contributed by atoms with van der Waals surface area (Å²) in [6.45, 7) is 6.52. The smallest absolute Gasteiger partial charge is 0.405 e. The molecule has 0 fully saturated rings. The first-order valence-corrected chi connectivity index (χ1v) is 12.3. The van der Waals surface area contributed by atoms with Crippen molar-refractivity contribution in [2.75, 3.05) is 12.4 Å². The first-order valence-electron chi connectivity index (χ1n) is 8.76. The van der Waals surface area contributed by atoms with Crippen LogP contribution in [-0.2, 0) is 20.9 Å². The van der Waals surface area contributed by atoms with Crippen LogP contribution in [0.1, 0.15) is 17.2 Å². The fourth-order valence-corrected chi connectivity index (χ4v) is 4.13. The molecule has 0 aliphatic heterocycles. The number of rotatable bonds is 7. The molecule has 2 rings (SSSR count). The number of ether oxygens (including phenoxy) is 2. The summed E-state index contributed by atoms with van der Waals surface area (Å²) in [6, 6.07) is 11.4. The van der Waals surface area contributed by atoms with Crippen LogP contribution in [0.4, 0.5) is 14.9 Å². The highest BCUT2D eigenvalue weighted by Crippen LogP contribution is 2.22. The molecular weight excluding hydrogens is 379 g/mol. The fraction of sp³-hybridized carbons (Fsp3) is 0.300. The zero-order chi connectivity index (χ0) is 20.9. The normalized spacial score (nSPS) is 12.3. The Bertz CT molecular complexity index is 850. The molecule has 0 aromatic heterocycles. The molecule has 3 N–H and O–H groups in total. The van der Waals surface area contributed by atoms with E-state index in [0.29, 0.717) is 17.4 Å². The van der Waals surface area contributed by atoms with Crippen molar-refractivity contribution in [3.8, 4) is 0 Å². The Labute approximate surface area is 164 Å². The molecule has 6 nitrogen and oxygen atoms in total. The molecule has 0 spiro atoms. The average molecular weight is 405 g/mol. The highest BCUT2D eigenvalue weighted by Gasteiger charge is 2.26. The van der Waals surface area contributed by atoms with Gasteiger partial charge in [0.25, 0.3) is 5.91 Å². The molecule has 150 valence electrons. The van der Waals surface area contributed by atoms with Crippen molar-refractivity contribution in [3.05, 3.63) is 59.4 Å². The maximum Gasteiger partial charge on any atom is 0.405 e. The van der Waals surface area contributed by atoms with Crippen LogP contribution in [0.15, 0.2) is 42.5 Å². The van der Waals surface area contributed by atoms with Crippen LogP contribution >= 0.6 is 0 Å². The highest BCUT2D eigenvalue weighted by molar-refractivity contribution is 6.88. The first kappa shape index (κ1) is 21.6. The van der Waals surface area contributed by atoms with Crippen molar-refractivity contribution < 1.29 is 23.5 Å². The summed E-state index contributed by atoms with van der Waals surface area (Å²) < 4.78 is 24.4. The van der Waals surface area contributed by atoms with E-state index in [1.54, 1.807) is 43.5 Å². The minimum atomic E-state index is -1.83. The molecule has 2 amide bonds. The molecule has 0 aliphatic carbocycles. The number of benzene rings is 2. The van der Waals surface area contributed by atoms with Crippen LogP contribution in [0.25, 0.3) is 0 Å². The maximum absolute atomic E-state index is 14.4. The lowest BCUT2D eigenvalue weighted by molar-refractivity contribution is -0.124. The van der Waals surface area contributed by atoms with Crippen molar-refractivity contribution in [2.45, 2.75) is 32.4 Å². The predicted molar refractivity (Wildman–Crippen MR) is 109 cm³/mol. The number of methoxy groups -OCH3 is 1. The molecule has 2 aromatic carbocycles. The maximum atomic E-state index is 14.4. The molecule has 1 atom stereocenters. The molecule has 0 saturated heterocycles. The molecule has 0 heterocycles. The van der Waals surface area contributed by atoms with Crippen LogP contribution in [0.3, 0.4) is 0 Å². The zero-order valence-corrected chi connectivity index (χ0v) is 17.4. The lowest BCUT2D eigenvalue weighted by Crippen LogP contribution is -2.40. The summed E-state index contributed by atoms with van der Waals surface area (Å²) in [5.74, 6) is -0.994.